The summed E-state index contributed by atoms with van der Waals surface area (Å²) in [6.07, 6.45) is 0. The minimum atomic E-state index is -0.541. The molecule has 6 nitrogen and oxygen atoms in total. The lowest BCUT2D eigenvalue weighted by atomic mass is 10.3. The molecule has 2 rings (SSSR count). The number of urea groups is 1. The summed E-state index contributed by atoms with van der Waals surface area (Å²) in [6.45, 7) is -0.0391. The molecule has 0 saturated heterocycles. The number of hydrogen-bond acceptors (Lipinski definition) is 4. The van der Waals surface area contributed by atoms with Gasteiger partial charge in [-0.15, -0.1) is 0 Å². The van der Waals surface area contributed by atoms with Gasteiger partial charge in [-0.3, -0.25) is 10.1 Å². The molecule has 0 fully saturated rings. The van der Waals surface area contributed by atoms with Crippen LogP contribution in [-0.2, 0) is 4.79 Å². The van der Waals surface area contributed by atoms with Gasteiger partial charge < -0.3 is 15.4 Å². The van der Waals surface area contributed by atoms with E-state index in [2.05, 4.69) is 16.0 Å². The van der Waals surface area contributed by atoms with Gasteiger partial charge in [-0.05, 0) is 24.3 Å². The van der Waals surface area contributed by atoms with Gasteiger partial charge in [0.05, 0.1) is 12.2 Å². The molecule has 0 heterocycles. The maximum absolute atomic E-state index is 11.6. The first-order chi connectivity index (χ1) is 10.7. The molecular formula is C16H17N3O3. The second-order valence-corrected chi connectivity index (χ2v) is 4.39. The molecule has 3 N–H and O–H groups in total. The number of imide groups is 1. The SMILES string of the molecule is CNC(=O)NC(=O)CNc1ccccc1Oc1ccccc1. The summed E-state index contributed by atoms with van der Waals surface area (Å²) in [7, 11) is 1.44. The first kappa shape index (κ1) is 15.4. The van der Waals surface area contributed by atoms with Crippen molar-refractivity contribution in [2.24, 2.45) is 0 Å². The predicted octanol–water partition coefficient (Wildman–Crippen LogP) is 2.35. The fraction of sp³-hybridized carbons (Fsp3) is 0.125. The molecule has 2 aromatic carbocycles. The highest BCUT2D eigenvalue weighted by molar-refractivity contribution is 5.96. The number of nitrogens with one attached hydrogen (secondary N) is 3. The van der Waals surface area contributed by atoms with Crippen LogP contribution in [0.15, 0.2) is 54.6 Å². The Morgan fingerprint density at radius 3 is 2.41 bits per heavy atom. The van der Waals surface area contributed by atoms with Gasteiger partial charge in [0, 0.05) is 7.05 Å². The minimum absolute atomic E-state index is 0.0391. The van der Waals surface area contributed by atoms with Crippen molar-refractivity contribution in [3.63, 3.8) is 0 Å². The average molecular weight is 299 g/mol. The van der Waals surface area contributed by atoms with Crippen LogP contribution in [0.5, 0.6) is 11.5 Å². The lowest BCUT2D eigenvalue weighted by molar-refractivity contribution is -0.118. The van der Waals surface area contributed by atoms with E-state index < -0.39 is 11.9 Å². The largest absolute Gasteiger partial charge is 0.455 e. The molecule has 2 aromatic rings. The summed E-state index contributed by atoms with van der Waals surface area (Å²) >= 11 is 0. The standard InChI is InChI=1S/C16H17N3O3/c1-17-16(21)19-15(20)11-18-13-9-5-6-10-14(13)22-12-7-3-2-4-8-12/h2-10,18H,11H2,1H3,(H2,17,19,20,21). The molecular weight excluding hydrogens is 282 g/mol. The maximum Gasteiger partial charge on any atom is 0.321 e. The summed E-state index contributed by atoms with van der Waals surface area (Å²) in [5.74, 6) is 0.863. The van der Waals surface area contributed by atoms with Crippen molar-refractivity contribution >= 4 is 17.6 Å². The van der Waals surface area contributed by atoms with E-state index in [4.69, 9.17) is 4.74 Å². The topological polar surface area (TPSA) is 79.5 Å². The Morgan fingerprint density at radius 1 is 1.00 bits per heavy atom. The fourth-order valence-corrected chi connectivity index (χ4v) is 1.73. The van der Waals surface area contributed by atoms with Crippen molar-refractivity contribution in [3.05, 3.63) is 54.6 Å². The Bertz CT molecular complexity index is 644. The van der Waals surface area contributed by atoms with Gasteiger partial charge in [-0.1, -0.05) is 30.3 Å². The number of para-hydroxylation sites is 3. The van der Waals surface area contributed by atoms with Gasteiger partial charge >= 0.3 is 6.03 Å². The summed E-state index contributed by atoms with van der Waals surface area (Å²) in [4.78, 5) is 22.6. The van der Waals surface area contributed by atoms with E-state index in [0.717, 1.165) is 0 Å². The van der Waals surface area contributed by atoms with E-state index in [1.165, 1.54) is 7.05 Å². The van der Waals surface area contributed by atoms with Crippen LogP contribution in [0.3, 0.4) is 0 Å². The maximum atomic E-state index is 11.6. The number of amides is 3. The molecule has 114 valence electrons. The summed E-state index contributed by atoms with van der Waals surface area (Å²) in [6, 6.07) is 16.1. The summed E-state index contributed by atoms with van der Waals surface area (Å²) < 4.78 is 5.77. The Balaban J connectivity index is 1.99. The predicted molar refractivity (Wildman–Crippen MR) is 84.0 cm³/mol. The molecule has 0 radical (unpaired) electrons. The smallest absolute Gasteiger partial charge is 0.321 e. The Morgan fingerprint density at radius 2 is 1.68 bits per heavy atom. The van der Waals surface area contributed by atoms with Gasteiger partial charge in [-0.2, -0.15) is 0 Å². The zero-order valence-electron chi connectivity index (χ0n) is 12.1. The van der Waals surface area contributed by atoms with Crippen molar-refractivity contribution in [1.29, 1.82) is 0 Å². The van der Waals surface area contributed by atoms with E-state index in [0.29, 0.717) is 17.2 Å². The molecule has 6 heteroatoms. The van der Waals surface area contributed by atoms with Crippen molar-refractivity contribution < 1.29 is 14.3 Å². The fourth-order valence-electron chi connectivity index (χ4n) is 1.73. The molecule has 0 unspecified atom stereocenters. The lowest BCUT2D eigenvalue weighted by Crippen LogP contribution is -2.40. The molecule has 0 aromatic heterocycles. The highest BCUT2D eigenvalue weighted by atomic mass is 16.5. The molecule has 0 aliphatic carbocycles. The Labute approximate surface area is 128 Å². The third kappa shape index (κ3) is 4.52. The molecule has 0 spiro atoms. The summed E-state index contributed by atoms with van der Waals surface area (Å²) in [5.41, 5.74) is 0.665. The first-order valence-corrected chi connectivity index (χ1v) is 6.76. The van der Waals surface area contributed by atoms with Gasteiger partial charge in [0.2, 0.25) is 5.91 Å². The number of hydrogen-bond donors (Lipinski definition) is 3. The molecule has 0 atom stereocenters. The Hall–Kier alpha value is -3.02. The molecule has 3 amide bonds. The molecule has 0 saturated carbocycles. The van der Waals surface area contributed by atoms with E-state index in [-0.39, 0.29) is 6.54 Å². The quantitative estimate of drug-likeness (QED) is 0.792. The van der Waals surface area contributed by atoms with Gasteiger partial charge in [0.25, 0.3) is 0 Å². The second kappa shape index (κ2) is 7.68. The van der Waals surface area contributed by atoms with Crippen molar-refractivity contribution in [1.82, 2.24) is 10.6 Å². The van der Waals surface area contributed by atoms with Crippen molar-refractivity contribution in [2.75, 3.05) is 18.9 Å². The highest BCUT2D eigenvalue weighted by Gasteiger charge is 2.08. The second-order valence-electron chi connectivity index (χ2n) is 4.39. The number of benzene rings is 2. The van der Waals surface area contributed by atoms with E-state index in [1.54, 1.807) is 12.1 Å². The molecule has 0 bridgehead atoms. The van der Waals surface area contributed by atoms with Crippen LogP contribution in [-0.4, -0.2) is 25.5 Å². The van der Waals surface area contributed by atoms with Crippen LogP contribution in [0, 0.1) is 0 Å². The van der Waals surface area contributed by atoms with Crippen LogP contribution >= 0.6 is 0 Å². The molecule has 0 aliphatic heterocycles. The first-order valence-electron chi connectivity index (χ1n) is 6.76. The van der Waals surface area contributed by atoms with Crippen LogP contribution in [0.1, 0.15) is 0 Å². The number of ether oxygens (including phenoxy) is 1. The normalized spacial score (nSPS) is 9.68. The van der Waals surface area contributed by atoms with Gasteiger partial charge in [-0.25, -0.2) is 4.79 Å². The number of rotatable bonds is 5. The van der Waals surface area contributed by atoms with E-state index in [1.807, 2.05) is 42.5 Å². The van der Waals surface area contributed by atoms with Crippen molar-refractivity contribution in [2.45, 2.75) is 0 Å². The third-order valence-corrected chi connectivity index (χ3v) is 2.78. The summed E-state index contributed by atoms with van der Waals surface area (Å²) in [5, 5.41) is 7.44. The van der Waals surface area contributed by atoms with Crippen LogP contribution in [0.2, 0.25) is 0 Å². The number of carbonyl (C=O) groups is 2. The Kier molecular flexibility index (Phi) is 5.37. The number of anilines is 1. The third-order valence-electron chi connectivity index (χ3n) is 2.78. The highest BCUT2D eigenvalue weighted by Crippen LogP contribution is 2.28. The molecule has 0 aliphatic rings. The van der Waals surface area contributed by atoms with E-state index in [9.17, 15) is 9.59 Å². The van der Waals surface area contributed by atoms with Crippen LogP contribution < -0.4 is 20.7 Å². The van der Waals surface area contributed by atoms with Gasteiger partial charge in [0.1, 0.15) is 5.75 Å². The zero-order valence-corrected chi connectivity index (χ0v) is 12.1. The minimum Gasteiger partial charge on any atom is -0.455 e. The van der Waals surface area contributed by atoms with Crippen LogP contribution in [0.25, 0.3) is 0 Å². The lowest BCUT2D eigenvalue weighted by Gasteiger charge is -2.12. The van der Waals surface area contributed by atoms with Crippen LogP contribution in [0.4, 0.5) is 10.5 Å². The monoisotopic (exact) mass is 299 g/mol. The van der Waals surface area contributed by atoms with Gasteiger partial charge in [0.15, 0.2) is 5.75 Å². The average Bonchev–Trinajstić information content (AvgIpc) is 2.55. The molecule has 22 heavy (non-hydrogen) atoms. The zero-order chi connectivity index (χ0) is 15.8. The number of carbonyl (C=O) groups excluding carboxylic acids is 2. The van der Waals surface area contributed by atoms with E-state index >= 15 is 0 Å². The van der Waals surface area contributed by atoms with Crippen molar-refractivity contribution in [3.8, 4) is 11.5 Å².